The number of ether oxygens (including phenoxy) is 3. The van der Waals surface area contributed by atoms with Crippen molar-refractivity contribution in [3.8, 4) is 11.5 Å². The van der Waals surface area contributed by atoms with E-state index in [4.69, 9.17) is 24.9 Å². The molecule has 1 aliphatic carbocycles. The highest BCUT2D eigenvalue weighted by atomic mass is 16.7. The molecule has 0 unspecified atom stereocenters. The van der Waals surface area contributed by atoms with E-state index in [1.165, 1.54) is 6.92 Å². The van der Waals surface area contributed by atoms with Gasteiger partial charge >= 0.3 is 5.97 Å². The number of carbonyl (C=O) groups excluding carboxylic acids is 2. The number of para-hydroxylation sites is 1. The second kappa shape index (κ2) is 7.43. The van der Waals surface area contributed by atoms with Gasteiger partial charge in [0.05, 0.1) is 16.8 Å². The van der Waals surface area contributed by atoms with Crippen molar-refractivity contribution < 1.29 is 23.8 Å². The van der Waals surface area contributed by atoms with Crippen LogP contribution in [0.4, 0.5) is 0 Å². The summed E-state index contributed by atoms with van der Waals surface area (Å²) < 4.78 is 16.2. The Labute approximate surface area is 178 Å². The SMILES string of the molecule is C[C@@H](OC(=O)c1c2c(nc3ccccc13)/C(=C/c1ccc3c(c1)OCO3)CC2)C(N)=O. The Hall–Kier alpha value is -3.87. The Morgan fingerprint density at radius 2 is 1.94 bits per heavy atom. The van der Waals surface area contributed by atoms with Gasteiger partial charge < -0.3 is 19.9 Å². The zero-order valence-electron chi connectivity index (χ0n) is 16.9. The number of aromatic nitrogens is 1. The summed E-state index contributed by atoms with van der Waals surface area (Å²) in [6.45, 7) is 1.69. The number of amides is 1. The van der Waals surface area contributed by atoms with E-state index in [0.29, 0.717) is 28.6 Å². The maximum Gasteiger partial charge on any atom is 0.339 e. The molecular weight excluding hydrogens is 396 g/mol. The van der Waals surface area contributed by atoms with Gasteiger partial charge in [0, 0.05) is 5.39 Å². The second-order valence-corrected chi connectivity index (χ2v) is 7.56. The van der Waals surface area contributed by atoms with Crippen molar-refractivity contribution in [2.24, 2.45) is 5.73 Å². The monoisotopic (exact) mass is 416 g/mol. The van der Waals surface area contributed by atoms with Crippen LogP contribution in [-0.4, -0.2) is 29.8 Å². The summed E-state index contributed by atoms with van der Waals surface area (Å²) >= 11 is 0. The molecule has 1 amide bonds. The molecule has 1 aliphatic heterocycles. The Balaban J connectivity index is 1.60. The zero-order chi connectivity index (χ0) is 21.5. The van der Waals surface area contributed by atoms with Crippen LogP contribution in [0.5, 0.6) is 11.5 Å². The van der Waals surface area contributed by atoms with Crippen molar-refractivity contribution in [1.82, 2.24) is 4.98 Å². The Bertz CT molecular complexity index is 1260. The lowest BCUT2D eigenvalue weighted by atomic mass is 10.0. The van der Waals surface area contributed by atoms with Crippen LogP contribution in [0, 0.1) is 0 Å². The van der Waals surface area contributed by atoms with Gasteiger partial charge in [0.1, 0.15) is 0 Å². The molecule has 3 aromatic rings. The average molecular weight is 416 g/mol. The summed E-state index contributed by atoms with van der Waals surface area (Å²) in [6.07, 6.45) is 2.43. The van der Waals surface area contributed by atoms with Crippen LogP contribution in [0.15, 0.2) is 42.5 Å². The number of nitrogens with zero attached hydrogens (tertiary/aromatic N) is 1. The summed E-state index contributed by atoms with van der Waals surface area (Å²) in [6, 6.07) is 13.2. The molecule has 156 valence electrons. The molecule has 1 aromatic heterocycles. The molecule has 2 aromatic carbocycles. The number of primary amides is 1. The van der Waals surface area contributed by atoms with E-state index in [9.17, 15) is 9.59 Å². The molecule has 7 nitrogen and oxygen atoms in total. The number of allylic oxidation sites excluding steroid dienone is 1. The van der Waals surface area contributed by atoms with Gasteiger partial charge in [-0.05, 0) is 60.7 Å². The van der Waals surface area contributed by atoms with Gasteiger partial charge in [-0.3, -0.25) is 4.79 Å². The molecule has 7 heteroatoms. The fraction of sp³-hybridized carbons (Fsp3) is 0.208. The van der Waals surface area contributed by atoms with E-state index in [1.807, 2.05) is 42.5 Å². The molecule has 2 N–H and O–H groups in total. The highest BCUT2D eigenvalue weighted by Gasteiger charge is 2.29. The lowest BCUT2D eigenvalue weighted by molar-refractivity contribution is -0.125. The number of fused-ring (bicyclic) bond motifs is 3. The largest absolute Gasteiger partial charge is 0.454 e. The molecule has 0 bridgehead atoms. The fourth-order valence-corrected chi connectivity index (χ4v) is 3.99. The predicted octanol–water partition coefficient (Wildman–Crippen LogP) is 3.48. The van der Waals surface area contributed by atoms with Crippen LogP contribution in [0.2, 0.25) is 0 Å². The maximum atomic E-state index is 13.0. The first kappa shape index (κ1) is 19.1. The highest BCUT2D eigenvalue weighted by molar-refractivity contribution is 6.07. The fourth-order valence-electron chi connectivity index (χ4n) is 3.99. The van der Waals surface area contributed by atoms with E-state index in [1.54, 1.807) is 0 Å². The quantitative estimate of drug-likeness (QED) is 0.654. The zero-order valence-corrected chi connectivity index (χ0v) is 16.9. The third kappa shape index (κ3) is 3.38. The van der Waals surface area contributed by atoms with Gasteiger partial charge in [-0.2, -0.15) is 0 Å². The van der Waals surface area contributed by atoms with E-state index in [0.717, 1.165) is 34.6 Å². The number of esters is 1. The number of nitrogens with two attached hydrogens (primary N) is 1. The van der Waals surface area contributed by atoms with E-state index in [2.05, 4.69) is 6.08 Å². The number of hydrogen-bond acceptors (Lipinski definition) is 6. The van der Waals surface area contributed by atoms with Crippen molar-refractivity contribution in [3.63, 3.8) is 0 Å². The molecule has 0 fully saturated rings. The van der Waals surface area contributed by atoms with Crippen LogP contribution in [0.25, 0.3) is 22.6 Å². The lowest BCUT2D eigenvalue weighted by Crippen LogP contribution is -2.30. The number of pyridine rings is 1. The third-order valence-electron chi connectivity index (χ3n) is 5.57. The number of hydrogen-bond donors (Lipinski definition) is 1. The van der Waals surface area contributed by atoms with E-state index < -0.39 is 18.0 Å². The highest BCUT2D eigenvalue weighted by Crippen LogP contribution is 2.39. The lowest BCUT2D eigenvalue weighted by Gasteiger charge is -2.14. The van der Waals surface area contributed by atoms with Crippen LogP contribution in [0.3, 0.4) is 0 Å². The topological polar surface area (TPSA) is 101 Å². The van der Waals surface area contributed by atoms with Crippen LogP contribution < -0.4 is 15.2 Å². The van der Waals surface area contributed by atoms with Crippen molar-refractivity contribution in [2.45, 2.75) is 25.9 Å². The second-order valence-electron chi connectivity index (χ2n) is 7.56. The van der Waals surface area contributed by atoms with E-state index >= 15 is 0 Å². The summed E-state index contributed by atoms with van der Waals surface area (Å²) in [5.41, 5.74) is 10.0. The molecule has 0 spiro atoms. The molecule has 31 heavy (non-hydrogen) atoms. The maximum absolute atomic E-state index is 13.0. The standard InChI is InChI=1S/C24H20N2O5/c1-13(23(25)27)31-24(28)21-16-4-2-3-5-18(16)26-22-15(7-8-17(21)22)10-14-6-9-19-20(11-14)30-12-29-19/h2-6,9-11,13H,7-8,12H2,1H3,(H2,25,27)/b15-10+/t13-/m1/s1. The number of benzene rings is 2. The summed E-state index contributed by atoms with van der Waals surface area (Å²) in [5.74, 6) is 0.188. The first-order chi connectivity index (χ1) is 15.0. The summed E-state index contributed by atoms with van der Waals surface area (Å²) in [5, 5.41) is 0.701. The van der Waals surface area contributed by atoms with Crippen LogP contribution >= 0.6 is 0 Å². The van der Waals surface area contributed by atoms with Gasteiger partial charge in [0.25, 0.3) is 5.91 Å². The first-order valence-corrected chi connectivity index (χ1v) is 10.0. The smallest absolute Gasteiger partial charge is 0.339 e. The predicted molar refractivity (Wildman–Crippen MR) is 115 cm³/mol. The first-order valence-electron chi connectivity index (χ1n) is 10.0. The molecule has 0 radical (unpaired) electrons. The minimum Gasteiger partial charge on any atom is -0.454 e. The molecular formula is C24H20N2O5. The minimum absolute atomic E-state index is 0.223. The van der Waals surface area contributed by atoms with Gasteiger partial charge in [0.2, 0.25) is 6.79 Å². The third-order valence-corrected chi connectivity index (χ3v) is 5.57. The van der Waals surface area contributed by atoms with Crippen LogP contribution in [0.1, 0.15) is 40.5 Å². The Kier molecular flexibility index (Phi) is 4.58. The summed E-state index contributed by atoms with van der Waals surface area (Å²) in [7, 11) is 0. The molecule has 2 aliphatic rings. The van der Waals surface area contributed by atoms with Crippen LogP contribution in [-0.2, 0) is 16.0 Å². The Morgan fingerprint density at radius 3 is 2.77 bits per heavy atom. The van der Waals surface area contributed by atoms with Gasteiger partial charge in [-0.15, -0.1) is 0 Å². The van der Waals surface area contributed by atoms with Gasteiger partial charge in [-0.25, -0.2) is 9.78 Å². The molecule has 1 atom stereocenters. The molecule has 2 heterocycles. The van der Waals surface area contributed by atoms with Crippen molar-refractivity contribution in [3.05, 3.63) is 64.8 Å². The van der Waals surface area contributed by atoms with E-state index in [-0.39, 0.29) is 6.79 Å². The summed E-state index contributed by atoms with van der Waals surface area (Å²) in [4.78, 5) is 29.3. The normalized spacial score (nSPS) is 16.4. The minimum atomic E-state index is -1.01. The average Bonchev–Trinajstić information content (AvgIpc) is 3.38. The Morgan fingerprint density at radius 1 is 1.13 bits per heavy atom. The van der Waals surface area contributed by atoms with Crippen molar-refractivity contribution >= 4 is 34.4 Å². The van der Waals surface area contributed by atoms with Gasteiger partial charge in [-0.1, -0.05) is 24.3 Å². The molecule has 5 rings (SSSR count). The van der Waals surface area contributed by atoms with Crippen molar-refractivity contribution in [1.29, 1.82) is 0 Å². The molecule has 0 saturated heterocycles. The number of carbonyl (C=O) groups is 2. The molecule has 0 saturated carbocycles. The van der Waals surface area contributed by atoms with Gasteiger partial charge in [0.15, 0.2) is 17.6 Å². The number of rotatable bonds is 4. The van der Waals surface area contributed by atoms with Crippen molar-refractivity contribution in [2.75, 3.05) is 6.79 Å².